The molecule has 0 fully saturated rings. The summed E-state index contributed by atoms with van der Waals surface area (Å²) >= 11 is 1.91. The summed E-state index contributed by atoms with van der Waals surface area (Å²) in [5.74, 6) is 1.85. The normalized spacial score (nSPS) is 8.42. The van der Waals surface area contributed by atoms with E-state index < -0.39 is 5.97 Å². The molecule has 0 atom stereocenters. The molecule has 1 aromatic carbocycles. The monoisotopic (exact) mass is 272 g/mol. The molecule has 0 spiro atoms. The summed E-state index contributed by atoms with van der Waals surface area (Å²) in [5, 5.41) is 8.63. The van der Waals surface area contributed by atoms with Crippen LogP contribution in [0.1, 0.15) is 15.9 Å². The number of hydrogen-bond donors (Lipinski definition) is 1. The molecule has 0 saturated heterocycles. The van der Waals surface area contributed by atoms with Gasteiger partial charge in [0.15, 0.2) is 0 Å². The van der Waals surface area contributed by atoms with Crippen molar-refractivity contribution in [2.45, 2.75) is 0 Å². The van der Waals surface area contributed by atoms with Crippen molar-refractivity contribution in [3.05, 3.63) is 35.4 Å². The van der Waals surface area contributed by atoms with Crippen LogP contribution < -0.4 is 0 Å². The van der Waals surface area contributed by atoms with Crippen LogP contribution in [0.4, 0.5) is 0 Å². The van der Waals surface area contributed by atoms with Crippen LogP contribution in [-0.4, -0.2) is 11.1 Å². The second-order valence-electron chi connectivity index (χ2n) is 2.11. The van der Waals surface area contributed by atoms with E-state index in [4.69, 9.17) is 5.11 Å². The van der Waals surface area contributed by atoms with Gasteiger partial charge in [-0.25, -0.2) is 4.79 Å². The van der Waals surface area contributed by atoms with Gasteiger partial charge in [0.05, 0.1) is 5.56 Å². The second kappa shape index (κ2) is 4.12. The Morgan fingerprint density at radius 1 is 1.50 bits per heavy atom. The van der Waals surface area contributed by atoms with E-state index in [1.807, 2.05) is 22.6 Å². The van der Waals surface area contributed by atoms with E-state index in [1.165, 1.54) is 0 Å². The smallest absolute Gasteiger partial charge is 0.335 e. The molecule has 2 nitrogen and oxygen atoms in total. The molecule has 60 valence electrons. The third-order valence-electron chi connectivity index (χ3n) is 1.30. The maximum atomic E-state index is 10.5. The summed E-state index contributed by atoms with van der Waals surface area (Å²) < 4.78 is 2.68. The van der Waals surface area contributed by atoms with E-state index in [0.717, 1.165) is 5.56 Å². The average Bonchev–Trinajstić information content (AvgIpc) is 2.05. The third kappa shape index (κ3) is 2.24. The number of rotatable bonds is 1. The largest absolute Gasteiger partial charge is 0.478 e. The number of carboxylic acid groups (broad SMARTS) is 1. The van der Waals surface area contributed by atoms with Gasteiger partial charge in [-0.15, -0.1) is 0 Å². The molecule has 0 heterocycles. The van der Waals surface area contributed by atoms with Crippen LogP contribution in [0.25, 0.3) is 0 Å². The molecule has 0 radical (unpaired) electrons. The van der Waals surface area contributed by atoms with Crippen molar-refractivity contribution in [2.75, 3.05) is 0 Å². The Kier molecular flexibility index (Phi) is 3.11. The molecule has 0 aliphatic carbocycles. The molecular weight excluding hydrogens is 267 g/mol. The Morgan fingerprint density at radius 2 is 2.25 bits per heavy atom. The molecule has 0 bridgehead atoms. The van der Waals surface area contributed by atoms with Gasteiger partial charge in [-0.2, -0.15) is 0 Å². The van der Waals surface area contributed by atoms with Gasteiger partial charge in [0.1, 0.15) is 0 Å². The quantitative estimate of drug-likeness (QED) is 0.628. The molecule has 0 amide bonds. The van der Waals surface area contributed by atoms with Crippen molar-refractivity contribution < 1.29 is 9.90 Å². The van der Waals surface area contributed by atoms with Crippen LogP contribution in [0, 0.1) is 9.85 Å². The van der Waals surface area contributed by atoms with Crippen LogP contribution in [0.5, 0.6) is 0 Å². The predicted molar refractivity (Wildman–Crippen MR) is 54.3 cm³/mol. The topological polar surface area (TPSA) is 37.3 Å². The highest BCUT2D eigenvalue weighted by molar-refractivity contribution is 14.1. The molecule has 1 rings (SSSR count). The Bertz CT molecular complexity index is 360. The summed E-state index contributed by atoms with van der Waals surface area (Å²) in [5.41, 5.74) is 0.996. The maximum Gasteiger partial charge on any atom is 0.335 e. The first kappa shape index (κ1) is 9.07. The standard InChI is InChI=1S/C9H5IO2/c10-5-4-7-2-1-3-8(6-7)9(11)12/h1-3,6H,(H,11,12). The van der Waals surface area contributed by atoms with E-state index >= 15 is 0 Å². The fourth-order valence-corrected chi connectivity index (χ4v) is 1.10. The first-order valence-electron chi connectivity index (χ1n) is 3.19. The summed E-state index contributed by atoms with van der Waals surface area (Å²) in [6, 6.07) is 6.55. The fourth-order valence-electron chi connectivity index (χ4n) is 0.785. The molecule has 1 aromatic rings. The van der Waals surface area contributed by atoms with Gasteiger partial charge in [0.25, 0.3) is 0 Å². The zero-order chi connectivity index (χ0) is 8.97. The predicted octanol–water partition coefficient (Wildman–Crippen LogP) is 2.13. The number of halogens is 1. The minimum atomic E-state index is -0.924. The minimum absolute atomic E-state index is 0.270. The van der Waals surface area contributed by atoms with E-state index in [0.29, 0.717) is 0 Å². The Labute approximate surface area is 83.7 Å². The van der Waals surface area contributed by atoms with E-state index in [9.17, 15) is 4.79 Å². The highest BCUT2D eigenvalue weighted by Gasteiger charge is 2.00. The lowest BCUT2D eigenvalue weighted by molar-refractivity contribution is 0.0697. The highest BCUT2D eigenvalue weighted by atomic mass is 127. The molecule has 12 heavy (non-hydrogen) atoms. The lowest BCUT2D eigenvalue weighted by Crippen LogP contribution is -1.95. The number of hydrogen-bond acceptors (Lipinski definition) is 1. The Hall–Kier alpha value is -1.02. The van der Waals surface area contributed by atoms with Crippen LogP contribution in [0.15, 0.2) is 24.3 Å². The third-order valence-corrected chi connectivity index (χ3v) is 1.57. The molecule has 0 aliphatic heterocycles. The van der Waals surface area contributed by atoms with Gasteiger partial charge in [-0.3, -0.25) is 0 Å². The Balaban J connectivity index is 3.09. The van der Waals surface area contributed by atoms with E-state index in [1.54, 1.807) is 24.3 Å². The number of aromatic carboxylic acids is 1. The molecule has 0 aromatic heterocycles. The van der Waals surface area contributed by atoms with Gasteiger partial charge in [-0.05, 0) is 22.1 Å². The molecule has 3 heteroatoms. The van der Waals surface area contributed by atoms with E-state index in [-0.39, 0.29) is 5.56 Å². The summed E-state index contributed by atoms with van der Waals surface area (Å²) in [7, 11) is 0. The van der Waals surface area contributed by atoms with Crippen molar-refractivity contribution in [1.82, 2.24) is 0 Å². The maximum absolute atomic E-state index is 10.5. The molecular formula is C9H5IO2. The van der Waals surface area contributed by atoms with Gasteiger partial charge < -0.3 is 5.11 Å². The minimum Gasteiger partial charge on any atom is -0.478 e. The molecule has 1 N–H and O–H groups in total. The van der Waals surface area contributed by atoms with Crippen LogP contribution in [0.2, 0.25) is 0 Å². The first-order chi connectivity index (χ1) is 5.74. The zero-order valence-electron chi connectivity index (χ0n) is 6.04. The number of carboxylic acids is 1. The SMILES string of the molecule is O=C(O)c1cccc(C#CI)c1. The van der Waals surface area contributed by atoms with Crippen LogP contribution >= 0.6 is 22.6 Å². The van der Waals surface area contributed by atoms with Crippen molar-refractivity contribution in [3.63, 3.8) is 0 Å². The lowest BCUT2D eigenvalue weighted by atomic mass is 10.1. The summed E-state index contributed by atoms with van der Waals surface area (Å²) in [4.78, 5) is 10.5. The van der Waals surface area contributed by atoms with Gasteiger partial charge in [0.2, 0.25) is 0 Å². The summed E-state index contributed by atoms with van der Waals surface area (Å²) in [6.45, 7) is 0. The van der Waals surface area contributed by atoms with Gasteiger partial charge in [0, 0.05) is 28.2 Å². The summed E-state index contributed by atoms with van der Waals surface area (Å²) in [6.07, 6.45) is 0. The highest BCUT2D eigenvalue weighted by Crippen LogP contribution is 2.03. The lowest BCUT2D eigenvalue weighted by Gasteiger charge is -1.93. The first-order valence-corrected chi connectivity index (χ1v) is 4.27. The average molecular weight is 272 g/mol. The molecule has 0 saturated carbocycles. The van der Waals surface area contributed by atoms with Crippen molar-refractivity contribution in [1.29, 1.82) is 0 Å². The van der Waals surface area contributed by atoms with Gasteiger partial charge in [-0.1, -0.05) is 12.0 Å². The van der Waals surface area contributed by atoms with E-state index in [2.05, 4.69) is 9.85 Å². The van der Waals surface area contributed by atoms with Crippen LogP contribution in [-0.2, 0) is 0 Å². The second-order valence-corrected chi connectivity index (χ2v) is 2.64. The Morgan fingerprint density at radius 3 is 2.83 bits per heavy atom. The number of carbonyl (C=O) groups is 1. The fraction of sp³-hybridized carbons (Fsp3) is 0. The zero-order valence-corrected chi connectivity index (χ0v) is 8.20. The van der Waals surface area contributed by atoms with Gasteiger partial charge >= 0.3 is 5.97 Å². The number of benzene rings is 1. The van der Waals surface area contributed by atoms with Crippen molar-refractivity contribution >= 4 is 28.6 Å². The molecule has 0 unspecified atom stereocenters. The molecule has 0 aliphatic rings. The van der Waals surface area contributed by atoms with Crippen LogP contribution in [0.3, 0.4) is 0 Å². The van der Waals surface area contributed by atoms with Crippen molar-refractivity contribution in [3.8, 4) is 9.85 Å². The van der Waals surface area contributed by atoms with Crippen molar-refractivity contribution in [2.24, 2.45) is 0 Å².